The molecule has 0 aliphatic heterocycles. The van der Waals surface area contributed by atoms with Gasteiger partial charge >= 0.3 is 0 Å². The highest BCUT2D eigenvalue weighted by Gasteiger charge is 2.33. The summed E-state index contributed by atoms with van der Waals surface area (Å²) in [6.07, 6.45) is 3.53. The lowest BCUT2D eigenvalue weighted by Gasteiger charge is -2.17. The minimum Gasteiger partial charge on any atom is -0.366 e. The molecule has 0 bridgehead atoms. The number of primary sulfonamides is 1. The summed E-state index contributed by atoms with van der Waals surface area (Å²) in [6, 6.07) is 22.1. The number of pyridine rings is 1. The fourth-order valence-electron chi connectivity index (χ4n) is 5.50. The second-order valence-electron chi connectivity index (χ2n) is 9.25. The van der Waals surface area contributed by atoms with Gasteiger partial charge in [0, 0.05) is 23.3 Å². The van der Waals surface area contributed by atoms with E-state index in [1.54, 1.807) is 18.3 Å². The molecule has 1 amide bonds. The number of hydrogen-bond acceptors (Lipinski definition) is 5. The van der Waals surface area contributed by atoms with Crippen molar-refractivity contribution in [2.24, 2.45) is 10.9 Å². The fraction of sp³-hybridized carbons (Fsp3) is 0.0357. The Balaban J connectivity index is 1.45. The predicted molar refractivity (Wildman–Crippen MR) is 144 cm³/mol. The van der Waals surface area contributed by atoms with Crippen molar-refractivity contribution < 1.29 is 13.2 Å². The lowest BCUT2D eigenvalue weighted by molar-refractivity contribution is 0.100. The smallest absolute Gasteiger partial charge is 0.249 e. The molecule has 1 unspecified atom stereocenters. The molecular formula is C28H20N6O3S. The number of nitrogens with zero attached hydrogens (tertiary/aromatic N) is 3. The van der Waals surface area contributed by atoms with Crippen molar-refractivity contribution >= 4 is 38.0 Å². The molecular weight excluding hydrogens is 500 g/mol. The number of rotatable bonds is 4. The van der Waals surface area contributed by atoms with Crippen LogP contribution in [-0.4, -0.2) is 33.8 Å². The number of sulfonamides is 1. The Labute approximate surface area is 216 Å². The van der Waals surface area contributed by atoms with E-state index in [0.717, 1.165) is 27.8 Å². The molecule has 9 nitrogen and oxygen atoms in total. The summed E-state index contributed by atoms with van der Waals surface area (Å²) in [6.45, 7) is 0. The molecule has 1 aliphatic rings. The fourth-order valence-corrected chi connectivity index (χ4v) is 6.04. The van der Waals surface area contributed by atoms with Gasteiger partial charge in [-0.15, -0.1) is 0 Å². The molecule has 3 heterocycles. The maximum Gasteiger partial charge on any atom is 0.249 e. The van der Waals surface area contributed by atoms with Crippen LogP contribution in [0.3, 0.4) is 0 Å². The number of imidazole rings is 1. The molecule has 0 spiro atoms. The van der Waals surface area contributed by atoms with E-state index in [1.807, 2.05) is 36.5 Å². The van der Waals surface area contributed by atoms with E-state index in [9.17, 15) is 13.2 Å². The van der Waals surface area contributed by atoms with Gasteiger partial charge in [-0.2, -0.15) is 0 Å². The van der Waals surface area contributed by atoms with Crippen LogP contribution in [0.2, 0.25) is 0 Å². The van der Waals surface area contributed by atoms with E-state index in [2.05, 4.69) is 32.7 Å². The molecule has 186 valence electrons. The normalized spacial score (nSPS) is 14.6. The molecule has 3 aromatic heterocycles. The summed E-state index contributed by atoms with van der Waals surface area (Å²) in [4.78, 5) is 24.7. The summed E-state index contributed by atoms with van der Waals surface area (Å²) in [7, 11) is -3.84. The number of hydrogen-bond donors (Lipinski definition) is 3. The van der Waals surface area contributed by atoms with E-state index >= 15 is 0 Å². The van der Waals surface area contributed by atoms with Crippen LogP contribution in [0.4, 0.5) is 0 Å². The van der Waals surface area contributed by atoms with Gasteiger partial charge in [-0.3, -0.25) is 4.79 Å². The van der Waals surface area contributed by atoms with Crippen LogP contribution in [0, 0.1) is 0 Å². The van der Waals surface area contributed by atoms with Crippen molar-refractivity contribution in [3.63, 3.8) is 0 Å². The molecule has 10 heteroatoms. The predicted octanol–water partition coefficient (Wildman–Crippen LogP) is 3.94. The first kappa shape index (κ1) is 22.4. The summed E-state index contributed by atoms with van der Waals surface area (Å²) >= 11 is 0. The maximum atomic E-state index is 12.0. The van der Waals surface area contributed by atoms with Crippen molar-refractivity contribution in [1.82, 2.24) is 19.5 Å². The number of carbonyl (C=O) groups excluding carboxylic acids is 1. The molecule has 6 aromatic rings. The first-order valence-corrected chi connectivity index (χ1v) is 13.4. The molecule has 0 saturated heterocycles. The highest BCUT2D eigenvalue weighted by molar-refractivity contribution is 7.89. The van der Waals surface area contributed by atoms with Crippen LogP contribution >= 0.6 is 0 Å². The second-order valence-corrected chi connectivity index (χ2v) is 10.8. The zero-order chi connectivity index (χ0) is 26.2. The van der Waals surface area contributed by atoms with Crippen LogP contribution in [0.25, 0.3) is 44.6 Å². The summed E-state index contributed by atoms with van der Waals surface area (Å²) < 4.78 is 25.8. The molecule has 5 N–H and O–H groups in total. The number of aromatic nitrogens is 4. The maximum absolute atomic E-state index is 12.0. The van der Waals surface area contributed by atoms with Crippen molar-refractivity contribution in [3.05, 3.63) is 102 Å². The number of carbonyl (C=O) groups is 1. The van der Waals surface area contributed by atoms with E-state index < -0.39 is 15.9 Å². The first-order chi connectivity index (χ1) is 18.3. The van der Waals surface area contributed by atoms with Gasteiger partial charge in [-0.1, -0.05) is 42.5 Å². The summed E-state index contributed by atoms with van der Waals surface area (Å²) in [5.41, 5.74) is 13.0. The number of primary amides is 1. The average molecular weight is 521 g/mol. The quantitative estimate of drug-likeness (QED) is 0.321. The molecule has 1 aliphatic carbocycles. The number of nitrogens with one attached hydrogen (secondary N) is 1. The molecule has 1 atom stereocenters. The number of fused-ring (bicyclic) bond motifs is 5. The first-order valence-electron chi connectivity index (χ1n) is 11.8. The average Bonchev–Trinajstić information content (AvgIpc) is 3.60. The van der Waals surface area contributed by atoms with E-state index in [0.29, 0.717) is 33.5 Å². The lowest BCUT2D eigenvalue weighted by atomic mass is 9.99. The Hall–Kier alpha value is -4.80. The molecule has 0 radical (unpaired) electrons. The van der Waals surface area contributed by atoms with Gasteiger partial charge in [-0.05, 0) is 52.6 Å². The third-order valence-electron chi connectivity index (χ3n) is 7.11. The van der Waals surface area contributed by atoms with Gasteiger partial charge in [-0.25, -0.2) is 23.5 Å². The van der Waals surface area contributed by atoms with Crippen LogP contribution in [0.1, 0.15) is 27.5 Å². The zero-order valence-corrected chi connectivity index (χ0v) is 20.6. The van der Waals surface area contributed by atoms with Gasteiger partial charge in [0.25, 0.3) is 0 Å². The molecule has 38 heavy (non-hydrogen) atoms. The van der Waals surface area contributed by atoms with Crippen LogP contribution < -0.4 is 10.9 Å². The Kier molecular flexibility index (Phi) is 4.63. The molecule has 0 fully saturated rings. The Morgan fingerprint density at radius 3 is 2.55 bits per heavy atom. The molecule has 3 aromatic carbocycles. The van der Waals surface area contributed by atoms with Crippen LogP contribution in [0.15, 0.2) is 90.1 Å². The highest BCUT2D eigenvalue weighted by atomic mass is 32.2. The molecule has 0 saturated carbocycles. The van der Waals surface area contributed by atoms with Crippen molar-refractivity contribution in [2.75, 3.05) is 0 Å². The van der Waals surface area contributed by atoms with E-state index in [4.69, 9.17) is 15.9 Å². The van der Waals surface area contributed by atoms with Gasteiger partial charge in [0.05, 0.1) is 27.5 Å². The number of nitrogens with two attached hydrogens (primary N) is 2. The molecule has 7 rings (SSSR count). The van der Waals surface area contributed by atoms with E-state index in [1.165, 1.54) is 12.1 Å². The minimum absolute atomic E-state index is 0.0196. The van der Waals surface area contributed by atoms with Gasteiger partial charge in [0.2, 0.25) is 15.9 Å². The lowest BCUT2D eigenvalue weighted by Crippen LogP contribution is -2.12. The van der Waals surface area contributed by atoms with E-state index in [-0.39, 0.29) is 10.9 Å². The Bertz CT molecular complexity index is 2060. The van der Waals surface area contributed by atoms with Crippen molar-refractivity contribution in [2.45, 2.75) is 10.9 Å². The van der Waals surface area contributed by atoms with Crippen molar-refractivity contribution in [3.8, 4) is 22.5 Å². The number of aromatic amines is 1. The standard InChI is InChI=1S/C28H20N6O3S/c29-26(35)18-10-12-31-28-19(18)11-13-34(28)25-17-5-2-1-4-16(17)24-20(25)6-3-7-21(24)27-32-22-9-8-15(38(30,36)37)14-23(22)33-27/h1-14,25H,(H2,29,35)(H,32,33)(H2,30,36,37). The number of H-pyrrole nitrogens is 1. The van der Waals surface area contributed by atoms with Crippen molar-refractivity contribution in [1.29, 1.82) is 0 Å². The Morgan fingerprint density at radius 1 is 0.947 bits per heavy atom. The highest BCUT2D eigenvalue weighted by Crippen LogP contribution is 2.50. The largest absolute Gasteiger partial charge is 0.366 e. The van der Waals surface area contributed by atoms with Crippen LogP contribution in [-0.2, 0) is 10.0 Å². The minimum atomic E-state index is -3.84. The monoisotopic (exact) mass is 520 g/mol. The Morgan fingerprint density at radius 2 is 1.74 bits per heavy atom. The SMILES string of the molecule is NC(=O)c1ccnc2c1ccn2C1c2ccccc2-c2c(-c3nc4ccc(S(N)(=O)=O)cc4[nH]3)cccc21. The summed E-state index contributed by atoms with van der Waals surface area (Å²) in [5, 5.41) is 6.02. The number of amides is 1. The van der Waals surface area contributed by atoms with Gasteiger partial charge in [0.15, 0.2) is 0 Å². The third kappa shape index (κ3) is 3.21. The van der Waals surface area contributed by atoms with Gasteiger partial charge < -0.3 is 15.3 Å². The zero-order valence-electron chi connectivity index (χ0n) is 19.8. The van der Waals surface area contributed by atoms with Gasteiger partial charge in [0.1, 0.15) is 11.5 Å². The second kappa shape index (κ2) is 7.85. The van der Waals surface area contributed by atoms with Crippen LogP contribution in [0.5, 0.6) is 0 Å². The number of benzene rings is 3. The summed E-state index contributed by atoms with van der Waals surface area (Å²) in [5.74, 6) is 0.116. The topological polar surface area (TPSA) is 150 Å². The third-order valence-corrected chi connectivity index (χ3v) is 8.02.